The van der Waals surface area contributed by atoms with E-state index in [0.29, 0.717) is 12.3 Å². The summed E-state index contributed by atoms with van der Waals surface area (Å²) < 4.78 is 26.8. The smallest absolute Gasteiger partial charge is 0.325 e. The number of amides is 4. The van der Waals surface area contributed by atoms with Crippen LogP contribution in [0.4, 0.5) is 13.6 Å². The Morgan fingerprint density at radius 1 is 1.13 bits per heavy atom. The highest BCUT2D eigenvalue weighted by Crippen LogP contribution is 2.29. The number of halogens is 2. The number of rotatable bonds is 7. The number of aryl methyl sites for hydroxylation is 1. The highest BCUT2D eigenvalue weighted by Gasteiger charge is 2.49. The van der Waals surface area contributed by atoms with E-state index < -0.39 is 41.6 Å². The summed E-state index contributed by atoms with van der Waals surface area (Å²) in [6, 6.07) is 10.2. The largest absolute Gasteiger partial charge is 0.354 e. The molecule has 30 heavy (non-hydrogen) atoms. The average Bonchev–Trinajstić information content (AvgIpc) is 2.92. The molecular formula is C21H21F2N3O3S. The number of hydrogen-bond acceptors (Lipinski definition) is 4. The van der Waals surface area contributed by atoms with Gasteiger partial charge in [0.05, 0.1) is 0 Å². The van der Waals surface area contributed by atoms with Gasteiger partial charge < -0.3 is 10.6 Å². The van der Waals surface area contributed by atoms with E-state index in [1.54, 1.807) is 11.8 Å². The van der Waals surface area contributed by atoms with E-state index in [2.05, 4.69) is 10.6 Å². The van der Waals surface area contributed by atoms with Crippen molar-refractivity contribution in [2.24, 2.45) is 0 Å². The fourth-order valence-electron chi connectivity index (χ4n) is 3.04. The highest BCUT2D eigenvalue weighted by atomic mass is 32.2. The molecule has 3 rings (SSSR count). The fraction of sp³-hybridized carbons (Fsp3) is 0.286. The van der Waals surface area contributed by atoms with Crippen molar-refractivity contribution in [3.05, 3.63) is 65.2 Å². The zero-order valence-electron chi connectivity index (χ0n) is 16.5. The number of nitrogens with one attached hydrogen (secondary N) is 2. The maximum Gasteiger partial charge on any atom is 0.325 e. The standard InChI is InChI=1S/C21H21F2N3O3S/c1-13-3-6-15(7-4-13)30-10-9-24-18(27)12-26-19(28)21(2,25-20(26)29)14-5-8-16(22)17(23)11-14/h3-8,11H,9-10,12H2,1-2H3,(H,24,27)(H,25,29). The third-order valence-corrected chi connectivity index (χ3v) is 5.80. The second kappa shape index (κ2) is 8.83. The number of carbonyl (C=O) groups excluding carboxylic acids is 3. The predicted molar refractivity (Wildman–Crippen MR) is 109 cm³/mol. The minimum absolute atomic E-state index is 0.0946. The third kappa shape index (κ3) is 4.62. The van der Waals surface area contributed by atoms with Gasteiger partial charge in [-0.05, 0) is 43.7 Å². The van der Waals surface area contributed by atoms with Gasteiger partial charge in [-0.3, -0.25) is 14.5 Å². The molecule has 158 valence electrons. The Kier molecular flexibility index (Phi) is 6.40. The van der Waals surface area contributed by atoms with E-state index >= 15 is 0 Å². The number of carbonyl (C=O) groups is 3. The van der Waals surface area contributed by atoms with Crippen LogP contribution in [0.5, 0.6) is 0 Å². The molecular weight excluding hydrogens is 412 g/mol. The minimum atomic E-state index is -1.58. The van der Waals surface area contributed by atoms with Crippen molar-refractivity contribution in [1.29, 1.82) is 0 Å². The van der Waals surface area contributed by atoms with Gasteiger partial charge in [-0.25, -0.2) is 13.6 Å². The molecule has 4 amide bonds. The van der Waals surface area contributed by atoms with Crippen LogP contribution in [0.2, 0.25) is 0 Å². The molecule has 1 fully saturated rings. The van der Waals surface area contributed by atoms with Gasteiger partial charge in [-0.2, -0.15) is 0 Å². The van der Waals surface area contributed by atoms with Crippen LogP contribution in [0.25, 0.3) is 0 Å². The molecule has 0 bridgehead atoms. The number of urea groups is 1. The lowest BCUT2D eigenvalue weighted by molar-refractivity contribution is -0.134. The summed E-state index contributed by atoms with van der Waals surface area (Å²) in [4.78, 5) is 39.0. The maximum atomic E-state index is 13.6. The van der Waals surface area contributed by atoms with Crippen LogP contribution < -0.4 is 10.6 Å². The first-order valence-corrected chi connectivity index (χ1v) is 10.2. The molecule has 2 aromatic rings. The Hall–Kier alpha value is -2.94. The van der Waals surface area contributed by atoms with Crippen LogP contribution in [-0.4, -0.2) is 41.6 Å². The minimum Gasteiger partial charge on any atom is -0.354 e. The van der Waals surface area contributed by atoms with Gasteiger partial charge in [0.2, 0.25) is 5.91 Å². The lowest BCUT2D eigenvalue weighted by atomic mass is 9.92. The molecule has 0 spiro atoms. The molecule has 1 atom stereocenters. The summed E-state index contributed by atoms with van der Waals surface area (Å²) in [5.74, 6) is -2.75. The van der Waals surface area contributed by atoms with E-state index in [9.17, 15) is 23.2 Å². The van der Waals surface area contributed by atoms with Crippen LogP contribution in [0.15, 0.2) is 47.4 Å². The predicted octanol–water partition coefficient (Wildman–Crippen LogP) is 2.95. The Morgan fingerprint density at radius 2 is 1.83 bits per heavy atom. The summed E-state index contributed by atoms with van der Waals surface area (Å²) in [7, 11) is 0. The normalized spacial score (nSPS) is 18.5. The Bertz CT molecular complexity index is 984. The van der Waals surface area contributed by atoms with Crippen LogP contribution >= 0.6 is 11.8 Å². The number of imide groups is 1. The number of thioether (sulfide) groups is 1. The second-order valence-corrected chi connectivity index (χ2v) is 8.26. The first kappa shape index (κ1) is 21.8. The zero-order chi connectivity index (χ0) is 21.9. The summed E-state index contributed by atoms with van der Waals surface area (Å²) in [5.41, 5.74) is -0.318. The molecule has 0 radical (unpaired) electrons. The van der Waals surface area contributed by atoms with Gasteiger partial charge in [0.25, 0.3) is 5.91 Å². The number of hydrogen-bond donors (Lipinski definition) is 2. The van der Waals surface area contributed by atoms with Crippen LogP contribution in [0.3, 0.4) is 0 Å². The lowest BCUT2D eigenvalue weighted by Crippen LogP contribution is -2.43. The van der Waals surface area contributed by atoms with E-state index in [1.807, 2.05) is 31.2 Å². The molecule has 1 aliphatic heterocycles. The summed E-state index contributed by atoms with van der Waals surface area (Å²) in [6.45, 7) is 3.29. The van der Waals surface area contributed by atoms with Gasteiger partial charge in [0.15, 0.2) is 11.6 Å². The third-order valence-electron chi connectivity index (χ3n) is 4.79. The Labute approximate surface area is 177 Å². The number of benzene rings is 2. The Morgan fingerprint density at radius 3 is 2.50 bits per heavy atom. The average molecular weight is 433 g/mol. The Balaban J connectivity index is 1.55. The molecule has 1 heterocycles. The van der Waals surface area contributed by atoms with Crippen molar-refractivity contribution in [3.63, 3.8) is 0 Å². The van der Waals surface area contributed by atoms with Gasteiger partial charge in [0.1, 0.15) is 12.1 Å². The van der Waals surface area contributed by atoms with Crippen molar-refractivity contribution < 1.29 is 23.2 Å². The van der Waals surface area contributed by atoms with E-state index in [-0.39, 0.29) is 5.56 Å². The second-order valence-electron chi connectivity index (χ2n) is 7.09. The van der Waals surface area contributed by atoms with Crippen molar-refractivity contribution in [2.75, 3.05) is 18.8 Å². The fourth-order valence-corrected chi connectivity index (χ4v) is 3.81. The van der Waals surface area contributed by atoms with E-state index in [0.717, 1.165) is 27.5 Å². The molecule has 2 aromatic carbocycles. The first-order chi connectivity index (χ1) is 14.2. The molecule has 2 N–H and O–H groups in total. The maximum absolute atomic E-state index is 13.6. The van der Waals surface area contributed by atoms with E-state index in [4.69, 9.17) is 0 Å². The van der Waals surface area contributed by atoms with Crippen molar-refractivity contribution in [1.82, 2.24) is 15.5 Å². The van der Waals surface area contributed by atoms with E-state index in [1.165, 1.54) is 13.0 Å². The quantitative estimate of drug-likeness (QED) is 0.400. The first-order valence-electron chi connectivity index (χ1n) is 9.26. The van der Waals surface area contributed by atoms with Gasteiger partial charge in [0, 0.05) is 17.2 Å². The van der Waals surface area contributed by atoms with Crippen LogP contribution in [0.1, 0.15) is 18.1 Å². The zero-order valence-corrected chi connectivity index (χ0v) is 17.3. The summed E-state index contributed by atoms with van der Waals surface area (Å²) in [5, 5.41) is 5.13. The lowest BCUT2D eigenvalue weighted by Gasteiger charge is -2.22. The summed E-state index contributed by atoms with van der Waals surface area (Å²) >= 11 is 1.57. The molecule has 1 aliphatic rings. The highest BCUT2D eigenvalue weighted by molar-refractivity contribution is 7.99. The topological polar surface area (TPSA) is 78.5 Å². The SMILES string of the molecule is Cc1ccc(SCCNC(=O)CN2C(=O)NC(C)(c3ccc(F)c(F)c3)C2=O)cc1. The monoisotopic (exact) mass is 433 g/mol. The summed E-state index contributed by atoms with van der Waals surface area (Å²) in [6.07, 6.45) is 0. The molecule has 0 saturated carbocycles. The van der Waals surface area contributed by atoms with Gasteiger partial charge in [-0.15, -0.1) is 11.8 Å². The molecule has 6 nitrogen and oxygen atoms in total. The van der Waals surface area contributed by atoms with Crippen molar-refractivity contribution in [2.45, 2.75) is 24.3 Å². The molecule has 0 aliphatic carbocycles. The van der Waals surface area contributed by atoms with Crippen molar-refractivity contribution in [3.8, 4) is 0 Å². The van der Waals surface area contributed by atoms with Crippen LogP contribution in [-0.2, 0) is 15.1 Å². The molecule has 0 aromatic heterocycles. The van der Waals surface area contributed by atoms with Crippen molar-refractivity contribution >= 4 is 29.6 Å². The van der Waals surface area contributed by atoms with Gasteiger partial charge >= 0.3 is 6.03 Å². The number of nitrogens with zero attached hydrogens (tertiary/aromatic N) is 1. The van der Waals surface area contributed by atoms with Gasteiger partial charge in [-0.1, -0.05) is 23.8 Å². The molecule has 1 unspecified atom stereocenters. The molecule has 1 saturated heterocycles. The molecule has 9 heteroatoms. The van der Waals surface area contributed by atoms with Crippen LogP contribution in [0, 0.1) is 18.6 Å².